The first-order valence-corrected chi connectivity index (χ1v) is 6.11. The Labute approximate surface area is 99.0 Å². The van der Waals surface area contributed by atoms with E-state index in [0.717, 1.165) is 19.6 Å². The Bertz CT molecular complexity index is 299. The van der Waals surface area contributed by atoms with Crippen LogP contribution in [0.2, 0.25) is 0 Å². The molecule has 0 aliphatic carbocycles. The molecule has 0 spiro atoms. The lowest BCUT2D eigenvalue weighted by Crippen LogP contribution is -2.11. The van der Waals surface area contributed by atoms with E-state index in [1.807, 2.05) is 7.05 Å². The number of hydrogen-bond acceptors (Lipinski definition) is 2. The molecule has 0 radical (unpaired) electrons. The van der Waals surface area contributed by atoms with E-state index in [0.29, 0.717) is 6.10 Å². The van der Waals surface area contributed by atoms with Crippen molar-refractivity contribution in [3.63, 3.8) is 0 Å². The molecule has 16 heavy (non-hydrogen) atoms. The van der Waals surface area contributed by atoms with Crippen molar-refractivity contribution in [3.8, 4) is 0 Å². The minimum atomic E-state index is 0.354. The highest BCUT2D eigenvalue weighted by Crippen LogP contribution is 2.12. The molecule has 0 aliphatic rings. The summed E-state index contributed by atoms with van der Waals surface area (Å²) >= 11 is 0. The standard InChI is InChI=1S/C14H23NO/c1-4-7-12(2)16-11-14-9-6-5-8-13(14)10-15-3/h5-6,8-9,12,15H,4,7,10-11H2,1-3H3. The predicted molar refractivity (Wildman–Crippen MR) is 68.4 cm³/mol. The molecular formula is C14H23NO. The highest BCUT2D eigenvalue weighted by atomic mass is 16.5. The van der Waals surface area contributed by atoms with Crippen LogP contribution in [0.4, 0.5) is 0 Å². The quantitative estimate of drug-likeness (QED) is 0.764. The predicted octanol–water partition coefficient (Wildman–Crippen LogP) is 3.11. The topological polar surface area (TPSA) is 21.3 Å². The van der Waals surface area contributed by atoms with E-state index >= 15 is 0 Å². The van der Waals surface area contributed by atoms with E-state index in [-0.39, 0.29) is 0 Å². The van der Waals surface area contributed by atoms with E-state index in [4.69, 9.17) is 4.74 Å². The van der Waals surface area contributed by atoms with Crippen LogP contribution in [0.1, 0.15) is 37.8 Å². The third-order valence-corrected chi connectivity index (χ3v) is 2.70. The van der Waals surface area contributed by atoms with Crippen molar-refractivity contribution >= 4 is 0 Å². The van der Waals surface area contributed by atoms with Gasteiger partial charge < -0.3 is 10.1 Å². The van der Waals surface area contributed by atoms with Gasteiger partial charge in [-0.1, -0.05) is 37.6 Å². The maximum Gasteiger partial charge on any atom is 0.0723 e. The first kappa shape index (κ1) is 13.2. The van der Waals surface area contributed by atoms with Gasteiger partial charge >= 0.3 is 0 Å². The van der Waals surface area contributed by atoms with Crippen LogP contribution >= 0.6 is 0 Å². The van der Waals surface area contributed by atoms with Gasteiger partial charge in [0.05, 0.1) is 12.7 Å². The van der Waals surface area contributed by atoms with Gasteiger partial charge in [-0.25, -0.2) is 0 Å². The van der Waals surface area contributed by atoms with Crippen LogP contribution in [-0.2, 0) is 17.9 Å². The molecule has 1 atom stereocenters. The van der Waals surface area contributed by atoms with Crippen LogP contribution in [0, 0.1) is 0 Å². The summed E-state index contributed by atoms with van der Waals surface area (Å²) in [6, 6.07) is 8.44. The molecule has 0 aliphatic heterocycles. The summed E-state index contributed by atoms with van der Waals surface area (Å²) in [6.45, 7) is 5.96. The lowest BCUT2D eigenvalue weighted by molar-refractivity contribution is 0.0467. The van der Waals surface area contributed by atoms with E-state index in [1.165, 1.54) is 17.5 Å². The van der Waals surface area contributed by atoms with Gasteiger partial charge in [-0.05, 0) is 31.5 Å². The number of hydrogen-bond donors (Lipinski definition) is 1. The van der Waals surface area contributed by atoms with Crippen LogP contribution < -0.4 is 5.32 Å². The van der Waals surface area contributed by atoms with Crippen LogP contribution in [0.25, 0.3) is 0 Å². The van der Waals surface area contributed by atoms with Crippen molar-refractivity contribution in [1.82, 2.24) is 5.32 Å². The fraction of sp³-hybridized carbons (Fsp3) is 0.571. The molecule has 0 saturated carbocycles. The van der Waals surface area contributed by atoms with Crippen molar-refractivity contribution < 1.29 is 4.74 Å². The molecule has 0 fully saturated rings. The zero-order valence-electron chi connectivity index (χ0n) is 10.6. The van der Waals surface area contributed by atoms with Crippen LogP contribution in [0.3, 0.4) is 0 Å². The summed E-state index contributed by atoms with van der Waals surface area (Å²) in [6.07, 6.45) is 2.67. The highest BCUT2D eigenvalue weighted by molar-refractivity contribution is 5.26. The van der Waals surface area contributed by atoms with E-state index < -0.39 is 0 Å². The number of ether oxygens (including phenoxy) is 1. The Hall–Kier alpha value is -0.860. The highest BCUT2D eigenvalue weighted by Gasteiger charge is 2.04. The third-order valence-electron chi connectivity index (χ3n) is 2.70. The first-order chi connectivity index (χ1) is 7.77. The van der Waals surface area contributed by atoms with E-state index in [2.05, 4.69) is 43.4 Å². The molecule has 1 N–H and O–H groups in total. The molecule has 0 aromatic heterocycles. The van der Waals surface area contributed by atoms with Gasteiger partial charge in [-0.2, -0.15) is 0 Å². The summed E-state index contributed by atoms with van der Waals surface area (Å²) in [7, 11) is 1.97. The van der Waals surface area contributed by atoms with Gasteiger partial charge in [0.1, 0.15) is 0 Å². The second kappa shape index (κ2) is 7.42. The second-order valence-electron chi connectivity index (χ2n) is 4.21. The van der Waals surface area contributed by atoms with Gasteiger partial charge in [0.2, 0.25) is 0 Å². The minimum Gasteiger partial charge on any atom is -0.374 e. The molecule has 0 heterocycles. The Morgan fingerprint density at radius 1 is 1.25 bits per heavy atom. The van der Waals surface area contributed by atoms with Crippen molar-refractivity contribution in [3.05, 3.63) is 35.4 Å². The van der Waals surface area contributed by atoms with Crippen molar-refractivity contribution in [2.75, 3.05) is 7.05 Å². The van der Waals surface area contributed by atoms with Crippen molar-refractivity contribution in [2.45, 2.75) is 45.9 Å². The molecule has 90 valence electrons. The molecule has 1 rings (SSSR count). The van der Waals surface area contributed by atoms with Gasteiger partial charge in [0.25, 0.3) is 0 Å². The maximum atomic E-state index is 5.83. The lowest BCUT2D eigenvalue weighted by atomic mass is 10.1. The SMILES string of the molecule is CCCC(C)OCc1ccccc1CNC. The maximum absolute atomic E-state index is 5.83. The molecule has 2 heteroatoms. The summed E-state index contributed by atoms with van der Waals surface area (Å²) in [5.74, 6) is 0. The Morgan fingerprint density at radius 2 is 1.94 bits per heavy atom. The number of nitrogens with one attached hydrogen (secondary N) is 1. The molecule has 0 saturated heterocycles. The fourth-order valence-electron chi connectivity index (χ4n) is 1.78. The number of benzene rings is 1. The Balaban J connectivity index is 2.52. The molecule has 1 aromatic rings. The van der Waals surface area contributed by atoms with Crippen molar-refractivity contribution in [2.24, 2.45) is 0 Å². The molecule has 2 nitrogen and oxygen atoms in total. The average Bonchev–Trinajstić information content (AvgIpc) is 2.29. The fourth-order valence-corrected chi connectivity index (χ4v) is 1.78. The van der Waals surface area contributed by atoms with E-state index in [9.17, 15) is 0 Å². The summed E-state index contributed by atoms with van der Waals surface area (Å²) in [5.41, 5.74) is 2.62. The second-order valence-corrected chi connectivity index (χ2v) is 4.21. The third kappa shape index (κ3) is 4.33. The summed E-state index contributed by atoms with van der Waals surface area (Å²) < 4.78 is 5.83. The van der Waals surface area contributed by atoms with Crippen LogP contribution in [0.15, 0.2) is 24.3 Å². The Morgan fingerprint density at radius 3 is 2.56 bits per heavy atom. The lowest BCUT2D eigenvalue weighted by Gasteiger charge is -2.14. The number of rotatable bonds is 7. The summed E-state index contributed by atoms with van der Waals surface area (Å²) in [5, 5.41) is 3.18. The molecule has 1 unspecified atom stereocenters. The minimum absolute atomic E-state index is 0.354. The molecular weight excluding hydrogens is 198 g/mol. The molecule has 0 bridgehead atoms. The summed E-state index contributed by atoms with van der Waals surface area (Å²) in [4.78, 5) is 0. The normalized spacial score (nSPS) is 12.7. The smallest absolute Gasteiger partial charge is 0.0723 e. The zero-order chi connectivity index (χ0) is 11.8. The molecule has 1 aromatic carbocycles. The van der Waals surface area contributed by atoms with Gasteiger partial charge in [-0.3, -0.25) is 0 Å². The van der Waals surface area contributed by atoms with Gasteiger partial charge in [-0.15, -0.1) is 0 Å². The van der Waals surface area contributed by atoms with Crippen LogP contribution in [-0.4, -0.2) is 13.2 Å². The monoisotopic (exact) mass is 221 g/mol. The van der Waals surface area contributed by atoms with Crippen molar-refractivity contribution in [1.29, 1.82) is 0 Å². The van der Waals surface area contributed by atoms with Gasteiger partial charge in [0.15, 0.2) is 0 Å². The van der Waals surface area contributed by atoms with Gasteiger partial charge in [0, 0.05) is 6.54 Å². The van der Waals surface area contributed by atoms with E-state index in [1.54, 1.807) is 0 Å². The van der Waals surface area contributed by atoms with Crippen LogP contribution in [0.5, 0.6) is 0 Å². The average molecular weight is 221 g/mol. The Kier molecular flexibility index (Phi) is 6.12. The first-order valence-electron chi connectivity index (χ1n) is 6.11. The molecule has 0 amide bonds. The zero-order valence-corrected chi connectivity index (χ0v) is 10.6. The largest absolute Gasteiger partial charge is 0.374 e.